The number of hydrogen-bond donors (Lipinski definition) is 1. The summed E-state index contributed by atoms with van der Waals surface area (Å²) < 4.78 is 22.8. The van der Waals surface area contributed by atoms with E-state index in [1.807, 2.05) is 0 Å². The van der Waals surface area contributed by atoms with Gasteiger partial charge in [0, 0.05) is 0 Å². The van der Waals surface area contributed by atoms with Gasteiger partial charge in [0.15, 0.2) is 0 Å². The van der Waals surface area contributed by atoms with Crippen molar-refractivity contribution in [3.05, 3.63) is 0 Å². The predicted molar refractivity (Wildman–Crippen MR) is 29.7 cm³/mol. The molecule has 0 spiro atoms. The first-order valence-electron chi connectivity index (χ1n) is 2.32. The van der Waals surface area contributed by atoms with Crippen molar-refractivity contribution in [1.82, 2.24) is 5.32 Å². The van der Waals surface area contributed by atoms with Crippen molar-refractivity contribution in [2.24, 2.45) is 0 Å². The summed E-state index contributed by atoms with van der Waals surface area (Å²) in [6.07, 6.45) is -1.52. The summed E-state index contributed by atoms with van der Waals surface area (Å²) in [5.74, 6) is 0. The fraction of sp³-hybridized carbons (Fsp3) is 1.00. The second-order valence-corrected chi connectivity index (χ2v) is 1.68. The topological polar surface area (TPSA) is 12.0 Å². The lowest BCUT2D eigenvalue weighted by molar-refractivity contribution is 0.0677. The standard InChI is InChI=1S/C4H7F2N.ClH/c5-4(6)3-1-2-7-3;/h3-4,7H,1-2H2;1H. The molecule has 1 N–H and O–H groups in total. The Morgan fingerprint density at radius 1 is 1.50 bits per heavy atom. The highest BCUT2D eigenvalue weighted by atomic mass is 35.5. The van der Waals surface area contributed by atoms with Crippen LogP contribution in [0.3, 0.4) is 0 Å². The van der Waals surface area contributed by atoms with Gasteiger partial charge in [-0.3, -0.25) is 0 Å². The van der Waals surface area contributed by atoms with E-state index in [4.69, 9.17) is 0 Å². The Labute approximate surface area is 52.9 Å². The monoisotopic (exact) mass is 143 g/mol. The van der Waals surface area contributed by atoms with Gasteiger partial charge in [-0.05, 0) is 13.0 Å². The van der Waals surface area contributed by atoms with Gasteiger partial charge in [-0.25, -0.2) is 8.78 Å². The van der Waals surface area contributed by atoms with Crippen LogP contribution in [0.2, 0.25) is 0 Å². The maximum atomic E-state index is 11.4. The zero-order valence-corrected chi connectivity index (χ0v) is 5.05. The third-order valence-electron chi connectivity index (χ3n) is 1.17. The molecule has 0 aromatic rings. The van der Waals surface area contributed by atoms with Crippen LogP contribution in [0, 0.1) is 0 Å². The van der Waals surface area contributed by atoms with Crippen molar-refractivity contribution in [2.75, 3.05) is 6.54 Å². The van der Waals surface area contributed by atoms with Crippen molar-refractivity contribution in [1.29, 1.82) is 0 Å². The van der Waals surface area contributed by atoms with E-state index in [9.17, 15) is 8.78 Å². The molecule has 0 amide bonds. The second-order valence-electron chi connectivity index (χ2n) is 1.68. The van der Waals surface area contributed by atoms with Crippen molar-refractivity contribution in [2.45, 2.75) is 18.9 Å². The first kappa shape index (κ1) is 8.11. The van der Waals surface area contributed by atoms with Gasteiger partial charge < -0.3 is 5.32 Å². The fourth-order valence-electron chi connectivity index (χ4n) is 0.526. The van der Waals surface area contributed by atoms with E-state index in [2.05, 4.69) is 5.32 Å². The van der Waals surface area contributed by atoms with Crippen molar-refractivity contribution < 1.29 is 8.78 Å². The third kappa shape index (κ3) is 1.56. The molecule has 0 aromatic carbocycles. The van der Waals surface area contributed by atoms with E-state index in [1.54, 1.807) is 0 Å². The maximum Gasteiger partial charge on any atom is 0.253 e. The Bertz CT molecular complexity index is 65.1. The summed E-state index contributed by atoms with van der Waals surface area (Å²) in [4.78, 5) is 0. The number of hydrogen-bond acceptors (Lipinski definition) is 1. The summed E-state index contributed by atoms with van der Waals surface area (Å²) in [5.41, 5.74) is 0. The van der Waals surface area contributed by atoms with E-state index in [1.165, 1.54) is 0 Å². The average Bonchev–Trinajstić information content (AvgIpc) is 1.23. The minimum Gasteiger partial charge on any atom is -0.309 e. The second kappa shape index (κ2) is 3.20. The molecule has 50 valence electrons. The molecule has 4 heteroatoms. The van der Waals surface area contributed by atoms with Crippen LogP contribution in [0.25, 0.3) is 0 Å². The molecule has 1 fully saturated rings. The van der Waals surface area contributed by atoms with Gasteiger partial charge in [0.25, 0.3) is 6.43 Å². The van der Waals surface area contributed by atoms with Crippen molar-refractivity contribution in [3.63, 3.8) is 0 Å². The summed E-state index contributed by atoms with van der Waals surface area (Å²) >= 11 is 0. The molecule has 1 aliphatic heterocycles. The van der Waals surface area contributed by atoms with Gasteiger partial charge in [-0.1, -0.05) is 0 Å². The number of nitrogens with one attached hydrogen (secondary N) is 1. The van der Waals surface area contributed by atoms with Crippen LogP contribution in [0.5, 0.6) is 0 Å². The molecule has 0 aromatic heterocycles. The van der Waals surface area contributed by atoms with Gasteiger partial charge in [0.2, 0.25) is 0 Å². The zero-order chi connectivity index (χ0) is 5.28. The normalized spacial score (nSPS) is 26.6. The van der Waals surface area contributed by atoms with Gasteiger partial charge in [-0.15, -0.1) is 12.4 Å². The molecule has 0 saturated carbocycles. The molecule has 0 aliphatic carbocycles. The maximum absolute atomic E-state index is 11.4. The minimum absolute atomic E-state index is 0. The highest BCUT2D eigenvalue weighted by Crippen LogP contribution is 2.10. The van der Waals surface area contributed by atoms with Gasteiger partial charge in [-0.2, -0.15) is 0 Å². The first-order chi connectivity index (χ1) is 3.30. The molecule has 1 nitrogen and oxygen atoms in total. The average molecular weight is 144 g/mol. The van der Waals surface area contributed by atoms with Crippen LogP contribution in [0.4, 0.5) is 8.78 Å². The van der Waals surface area contributed by atoms with Crippen LogP contribution in [-0.2, 0) is 0 Å². The third-order valence-corrected chi connectivity index (χ3v) is 1.17. The van der Waals surface area contributed by atoms with Gasteiger partial charge in [0.1, 0.15) is 0 Å². The summed E-state index contributed by atoms with van der Waals surface area (Å²) in [7, 11) is 0. The molecule has 1 rings (SSSR count). The fourth-order valence-corrected chi connectivity index (χ4v) is 0.526. The van der Waals surface area contributed by atoms with Crippen LogP contribution >= 0.6 is 12.4 Å². The molecule has 1 heterocycles. The van der Waals surface area contributed by atoms with Crippen molar-refractivity contribution in [3.8, 4) is 0 Å². The Balaban J connectivity index is 0.000000490. The van der Waals surface area contributed by atoms with E-state index < -0.39 is 12.5 Å². The molecule has 0 radical (unpaired) electrons. The van der Waals surface area contributed by atoms with Crippen LogP contribution in [-0.4, -0.2) is 19.0 Å². The molecule has 1 saturated heterocycles. The lowest BCUT2D eigenvalue weighted by atomic mass is 10.1. The molecule has 1 atom stereocenters. The molecular weight excluding hydrogens is 136 g/mol. The first-order valence-corrected chi connectivity index (χ1v) is 2.32. The van der Waals surface area contributed by atoms with E-state index in [-0.39, 0.29) is 12.4 Å². The Morgan fingerprint density at radius 2 is 2.00 bits per heavy atom. The Kier molecular flexibility index (Phi) is 3.24. The van der Waals surface area contributed by atoms with Crippen LogP contribution in [0.15, 0.2) is 0 Å². The van der Waals surface area contributed by atoms with Crippen LogP contribution < -0.4 is 5.32 Å². The predicted octanol–water partition coefficient (Wildman–Crippen LogP) is 1.04. The van der Waals surface area contributed by atoms with Crippen molar-refractivity contribution >= 4 is 12.4 Å². The molecular formula is C4H8ClF2N. The SMILES string of the molecule is Cl.FC(F)C1CCN1. The number of halogens is 3. The lowest BCUT2D eigenvalue weighted by Crippen LogP contribution is -2.47. The smallest absolute Gasteiger partial charge is 0.253 e. The highest BCUT2D eigenvalue weighted by molar-refractivity contribution is 5.85. The van der Waals surface area contributed by atoms with Gasteiger partial charge in [0.05, 0.1) is 6.04 Å². The Hall–Kier alpha value is 0.110. The van der Waals surface area contributed by atoms with Gasteiger partial charge >= 0.3 is 0 Å². The Morgan fingerprint density at radius 3 is 2.00 bits per heavy atom. The molecule has 1 unspecified atom stereocenters. The molecule has 1 aliphatic rings. The largest absolute Gasteiger partial charge is 0.309 e. The number of rotatable bonds is 1. The van der Waals surface area contributed by atoms with E-state index in [0.717, 1.165) is 6.54 Å². The molecule has 0 bridgehead atoms. The van der Waals surface area contributed by atoms with Crippen LogP contribution in [0.1, 0.15) is 6.42 Å². The summed E-state index contributed by atoms with van der Waals surface area (Å²) in [6, 6.07) is -0.500. The molecule has 8 heavy (non-hydrogen) atoms. The minimum atomic E-state index is -2.16. The summed E-state index contributed by atoms with van der Waals surface area (Å²) in [5, 5.41) is 2.59. The number of alkyl halides is 2. The quantitative estimate of drug-likeness (QED) is 0.578. The lowest BCUT2D eigenvalue weighted by Gasteiger charge is -2.26. The summed E-state index contributed by atoms with van der Waals surface area (Å²) in [6.45, 7) is 0.759. The van der Waals surface area contributed by atoms with E-state index >= 15 is 0 Å². The zero-order valence-electron chi connectivity index (χ0n) is 4.23. The van der Waals surface area contributed by atoms with E-state index in [0.29, 0.717) is 6.42 Å². The highest BCUT2D eigenvalue weighted by Gasteiger charge is 2.25.